The molecule has 0 bridgehead atoms. The fourth-order valence-electron chi connectivity index (χ4n) is 4.14. The Kier molecular flexibility index (Phi) is 6.11. The second-order valence-electron chi connectivity index (χ2n) is 7.80. The molecule has 29 heavy (non-hydrogen) atoms. The van der Waals surface area contributed by atoms with E-state index in [1.54, 1.807) is 12.1 Å². The minimum Gasteiger partial charge on any atom is -0.394 e. The second kappa shape index (κ2) is 8.60. The van der Waals surface area contributed by atoms with Gasteiger partial charge in [-0.25, -0.2) is 0 Å². The van der Waals surface area contributed by atoms with Crippen LogP contribution in [0.15, 0.2) is 36.4 Å². The summed E-state index contributed by atoms with van der Waals surface area (Å²) in [7, 11) is 0. The molecule has 0 aliphatic carbocycles. The van der Waals surface area contributed by atoms with Gasteiger partial charge in [0.15, 0.2) is 0 Å². The molecular formula is C22H26ClNO5. The summed E-state index contributed by atoms with van der Waals surface area (Å²) in [6.07, 6.45) is -3.10. The van der Waals surface area contributed by atoms with E-state index in [1.165, 1.54) is 11.3 Å². The van der Waals surface area contributed by atoms with Crippen molar-refractivity contribution in [3.63, 3.8) is 0 Å². The van der Waals surface area contributed by atoms with Crippen molar-refractivity contribution in [2.75, 3.05) is 18.5 Å². The number of aliphatic hydroxyl groups excluding tert-OH is 4. The van der Waals surface area contributed by atoms with Crippen LogP contribution in [-0.4, -0.2) is 58.0 Å². The van der Waals surface area contributed by atoms with Gasteiger partial charge in [-0.2, -0.15) is 0 Å². The molecule has 1 saturated heterocycles. The lowest BCUT2D eigenvalue weighted by molar-refractivity contribution is -0.231. The maximum Gasteiger partial charge on any atom is 0.113 e. The molecule has 2 aromatic rings. The number of anilines is 1. The molecule has 2 aliphatic rings. The fourth-order valence-corrected chi connectivity index (χ4v) is 4.33. The number of nitrogens with one attached hydrogen (secondary N) is 1. The average Bonchev–Trinajstić information content (AvgIpc) is 2.74. The first-order chi connectivity index (χ1) is 14.0. The maximum absolute atomic E-state index is 10.4. The molecule has 1 fully saturated rings. The predicted octanol–water partition coefficient (Wildman–Crippen LogP) is 1.80. The van der Waals surface area contributed by atoms with Crippen LogP contribution in [0.25, 0.3) is 0 Å². The van der Waals surface area contributed by atoms with E-state index in [0.29, 0.717) is 17.0 Å². The lowest BCUT2D eigenvalue weighted by atomic mass is 9.90. The Morgan fingerprint density at radius 2 is 1.86 bits per heavy atom. The molecule has 5 atom stereocenters. The van der Waals surface area contributed by atoms with Crippen molar-refractivity contribution < 1.29 is 25.2 Å². The van der Waals surface area contributed by atoms with Gasteiger partial charge in [-0.1, -0.05) is 35.9 Å². The van der Waals surface area contributed by atoms with Gasteiger partial charge in [0.25, 0.3) is 0 Å². The molecule has 0 spiro atoms. The van der Waals surface area contributed by atoms with Crippen molar-refractivity contribution in [3.8, 4) is 0 Å². The number of aryl methyl sites for hydroxylation is 1. The Morgan fingerprint density at radius 1 is 1.03 bits per heavy atom. The summed E-state index contributed by atoms with van der Waals surface area (Å²) < 4.78 is 5.67. The zero-order chi connectivity index (χ0) is 20.5. The third-order valence-electron chi connectivity index (χ3n) is 5.79. The van der Waals surface area contributed by atoms with E-state index in [2.05, 4.69) is 23.5 Å². The molecular weight excluding hydrogens is 394 g/mol. The van der Waals surface area contributed by atoms with Crippen LogP contribution in [0.3, 0.4) is 0 Å². The molecule has 7 heteroatoms. The van der Waals surface area contributed by atoms with Crippen molar-refractivity contribution in [1.82, 2.24) is 0 Å². The molecule has 5 unspecified atom stereocenters. The predicted molar refractivity (Wildman–Crippen MR) is 110 cm³/mol. The number of aliphatic hydroxyl groups is 4. The molecule has 156 valence electrons. The van der Waals surface area contributed by atoms with Crippen molar-refractivity contribution in [2.24, 2.45) is 0 Å². The highest BCUT2D eigenvalue weighted by Gasteiger charge is 2.44. The third-order valence-corrected chi connectivity index (χ3v) is 6.16. The number of ether oxygens (including phenoxy) is 1. The quantitative estimate of drug-likeness (QED) is 0.518. The first-order valence-corrected chi connectivity index (χ1v) is 10.3. The SMILES string of the molecule is OCC1OC(c2ccc(Cl)c(Cc3ccc4c(c3)CCCN4)c2)C(O)C(O)C1O. The van der Waals surface area contributed by atoms with Crippen LogP contribution >= 0.6 is 11.6 Å². The van der Waals surface area contributed by atoms with Gasteiger partial charge in [0.1, 0.15) is 30.5 Å². The van der Waals surface area contributed by atoms with Gasteiger partial charge in [-0.3, -0.25) is 0 Å². The van der Waals surface area contributed by atoms with Gasteiger partial charge in [-0.05, 0) is 53.6 Å². The average molecular weight is 420 g/mol. The van der Waals surface area contributed by atoms with Gasteiger partial charge in [0, 0.05) is 17.3 Å². The first kappa shape index (κ1) is 20.6. The van der Waals surface area contributed by atoms with Crippen molar-refractivity contribution in [1.29, 1.82) is 0 Å². The number of halogens is 1. The van der Waals surface area contributed by atoms with Gasteiger partial charge in [0.2, 0.25) is 0 Å². The van der Waals surface area contributed by atoms with Crippen LogP contribution in [-0.2, 0) is 17.6 Å². The largest absolute Gasteiger partial charge is 0.394 e. The van der Waals surface area contributed by atoms with Crippen LogP contribution in [0.2, 0.25) is 5.02 Å². The minimum atomic E-state index is -1.40. The molecule has 0 radical (unpaired) electrons. The topological polar surface area (TPSA) is 102 Å². The van der Waals surface area contributed by atoms with Crippen molar-refractivity contribution in [2.45, 2.75) is 49.8 Å². The number of hydrogen-bond donors (Lipinski definition) is 5. The van der Waals surface area contributed by atoms with Gasteiger partial charge in [0.05, 0.1) is 6.61 Å². The maximum atomic E-state index is 10.4. The second-order valence-corrected chi connectivity index (χ2v) is 8.21. The van der Waals surface area contributed by atoms with Crippen molar-refractivity contribution in [3.05, 3.63) is 63.7 Å². The Morgan fingerprint density at radius 3 is 2.66 bits per heavy atom. The summed E-state index contributed by atoms with van der Waals surface area (Å²) >= 11 is 6.43. The smallest absolute Gasteiger partial charge is 0.113 e. The van der Waals surface area contributed by atoms with Crippen LogP contribution in [0, 0.1) is 0 Å². The summed E-state index contributed by atoms with van der Waals surface area (Å²) in [5.74, 6) is 0. The number of benzene rings is 2. The van der Waals surface area contributed by atoms with E-state index in [0.717, 1.165) is 30.5 Å². The Balaban J connectivity index is 1.59. The number of fused-ring (bicyclic) bond motifs is 1. The van der Waals surface area contributed by atoms with E-state index < -0.39 is 37.1 Å². The summed E-state index contributed by atoms with van der Waals surface area (Å²) in [5, 5.41) is 43.9. The van der Waals surface area contributed by atoms with Crippen LogP contribution < -0.4 is 5.32 Å². The van der Waals surface area contributed by atoms with Gasteiger partial charge in [-0.15, -0.1) is 0 Å². The van der Waals surface area contributed by atoms with Gasteiger partial charge < -0.3 is 30.5 Å². The molecule has 0 amide bonds. The fraction of sp³-hybridized carbons (Fsp3) is 0.455. The molecule has 2 aliphatic heterocycles. The Bertz CT molecular complexity index is 874. The van der Waals surface area contributed by atoms with E-state index in [1.807, 2.05) is 6.07 Å². The summed E-state index contributed by atoms with van der Waals surface area (Å²) in [6, 6.07) is 11.7. The lowest BCUT2D eigenvalue weighted by Crippen LogP contribution is -2.55. The molecule has 2 heterocycles. The summed E-state index contributed by atoms with van der Waals surface area (Å²) in [5.41, 5.74) is 5.14. The lowest BCUT2D eigenvalue weighted by Gasteiger charge is -2.40. The van der Waals surface area contributed by atoms with Gasteiger partial charge >= 0.3 is 0 Å². The zero-order valence-electron chi connectivity index (χ0n) is 16.0. The van der Waals surface area contributed by atoms with Crippen LogP contribution in [0.5, 0.6) is 0 Å². The van der Waals surface area contributed by atoms with E-state index in [9.17, 15) is 20.4 Å². The third kappa shape index (κ3) is 4.14. The van der Waals surface area contributed by atoms with E-state index in [4.69, 9.17) is 16.3 Å². The summed E-state index contributed by atoms with van der Waals surface area (Å²) in [6.45, 7) is 0.546. The normalized spacial score (nSPS) is 29.2. The van der Waals surface area contributed by atoms with Crippen LogP contribution in [0.1, 0.15) is 34.8 Å². The van der Waals surface area contributed by atoms with Crippen LogP contribution in [0.4, 0.5) is 5.69 Å². The van der Waals surface area contributed by atoms with E-state index >= 15 is 0 Å². The molecule has 6 nitrogen and oxygen atoms in total. The monoisotopic (exact) mass is 419 g/mol. The molecule has 0 saturated carbocycles. The Labute approximate surface area is 174 Å². The number of hydrogen-bond acceptors (Lipinski definition) is 6. The summed E-state index contributed by atoms with van der Waals surface area (Å²) in [4.78, 5) is 0. The highest BCUT2D eigenvalue weighted by Crippen LogP contribution is 2.34. The molecule has 2 aromatic carbocycles. The molecule has 0 aromatic heterocycles. The standard InChI is InChI=1S/C22H26ClNO5/c23-16-5-4-14(22-21(28)20(27)19(26)18(11-25)29-22)10-15(16)9-12-3-6-17-13(8-12)2-1-7-24-17/h3-6,8,10,18-22,24-28H,1-2,7,9,11H2. The van der Waals surface area contributed by atoms with Crippen molar-refractivity contribution >= 4 is 17.3 Å². The Hall–Kier alpha value is -1.67. The highest BCUT2D eigenvalue weighted by molar-refractivity contribution is 6.31. The minimum absolute atomic E-state index is 0.453. The highest BCUT2D eigenvalue weighted by atomic mass is 35.5. The molecule has 5 N–H and O–H groups in total. The number of rotatable bonds is 4. The van der Waals surface area contributed by atoms with E-state index in [-0.39, 0.29) is 0 Å². The zero-order valence-corrected chi connectivity index (χ0v) is 16.7. The molecule has 4 rings (SSSR count). The first-order valence-electron chi connectivity index (χ1n) is 9.92.